The van der Waals surface area contributed by atoms with E-state index >= 15 is 0 Å². The minimum absolute atomic E-state index is 0.116. The normalized spacial score (nSPS) is 14.7. The molecule has 0 atom stereocenters. The summed E-state index contributed by atoms with van der Waals surface area (Å²) in [4.78, 5) is 12.3. The first-order chi connectivity index (χ1) is 13.9. The summed E-state index contributed by atoms with van der Waals surface area (Å²) in [5, 5.41) is 8.90. The molecule has 0 bridgehead atoms. The van der Waals surface area contributed by atoms with Gasteiger partial charge in [-0.2, -0.15) is 0 Å². The molecule has 0 unspecified atom stereocenters. The number of aryl methyl sites for hydroxylation is 1. The van der Waals surface area contributed by atoms with Crippen molar-refractivity contribution in [3.8, 4) is 11.8 Å². The number of carboxylic acids is 1. The molecule has 0 saturated heterocycles. The number of aliphatic carboxylic acids is 1. The molecule has 3 nitrogen and oxygen atoms in total. The minimum Gasteiger partial charge on any atom is -0.481 e. The second-order valence-electron chi connectivity index (χ2n) is 8.38. The standard InChI is InChI=1S/C25H30O3S/c1-4-5-6-7-8-18-16-23-22(25(2,3)13-14-29-23)15-19(18)9-10-20-11-12-21(28-20)17-24(26)27/h11-12,15-16H,4-8,13-14,17H2,1-3H3,(H,26,27). The summed E-state index contributed by atoms with van der Waals surface area (Å²) in [7, 11) is 0. The van der Waals surface area contributed by atoms with Crippen molar-refractivity contribution in [1.82, 2.24) is 0 Å². The number of hydrogen-bond acceptors (Lipinski definition) is 3. The van der Waals surface area contributed by atoms with E-state index in [1.807, 2.05) is 11.8 Å². The molecule has 154 valence electrons. The first kappa shape index (κ1) is 21.6. The maximum Gasteiger partial charge on any atom is 0.311 e. The van der Waals surface area contributed by atoms with Gasteiger partial charge in [0.2, 0.25) is 0 Å². The highest BCUT2D eigenvalue weighted by Crippen LogP contribution is 2.42. The van der Waals surface area contributed by atoms with Crippen molar-refractivity contribution >= 4 is 17.7 Å². The van der Waals surface area contributed by atoms with E-state index < -0.39 is 5.97 Å². The summed E-state index contributed by atoms with van der Waals surface area (Å²) < 4.78 is 5.56. The number of carbonyl (C=O) groups is 1. The van der Waals surface area contributed by atoms with Gasteiger partial charge in [0.05, 0.1) is 0 Å². The van der Waals surface area contributed by atoms with Crippen molar-refractivity contribution < 1.29 is 14.3 Å². The van der Waals surface area contributed by atoms with Gasteiger partial charge in [0, 0.05) is 10.5 Å². The summed E-state index contributed by atoms with van der Waals surface area (Å²) in [6.45, 7) is 6.86. The minimum atomic E-state index is -0.900. The lowest BCUT2D eigenvalue weighted by molar-refractivity contribution is -0.136. The highest BCUT2D eigenvalue weighted by atomic mass is 32.2. The van der Waals surface area contributed by atoms with Crippen LogP contribution < -0.4 is 0 Å². The van der Waals surface area contributed by atoms with Crippen LogP contribution in [0.4, 0.5) is 0 Å². The monoisotopic (exact) mass is 410 g/mol. The SMILES string of the molecule is CCCCCCc1cc2c(cc1C#Cc1ccc(CC(=O)O)o1)C(C)(C)CCS2. The number of fused-ring (bicyclic) bond motifs is 1. The Bertz CT molecular complexity index is 927. The maximum absolute atomic E-state index is 10.8. The predicted octanol–water partition coefficient (Wildman–Crippen LogP) is 6.20. The molecule has 29 heavy (non-hydrogen) atoms. The van der Waals surface area contributed by atoms with Crippen molar-refractivity contribution in [3.63, 3.8) is 0 Å². The molecule has 3 rings (SSSR count). The fourth-order valence-corrected chi connectivity index (χ4v) is 5.25. The molecule has 1 aliphatic heterocycles. The lowest BCUT2D eigenvalue weighted by atomic mass is 9.80. The summed E-state index contributed by atoms with van der Waals surface area (Å²) in [6, 6.07) is 8.08. The Morgan fingerprint density at radius 3 is 2.79 bits per heavy atom. The molecule has 1 aromatic heterocycles. The van der Waals surface area contributed by atoms with E-state index in [4.69, 9.17) is 9.52 Å². The number of hydrogen-bond donors (Lipinski definition) is 1. The van der Waals surface area contributed by atoms with E-state index in [-0.39, 0.29) is 11.8 Å². The second kappa shape index (κ2) is 9.59. The third-order valence-corrected chi connectivity index (χ3v) is 6.58. The van der Waals surface area contributed by atoms with Crippen LogP contribution in [0.2, 0.25) is 0 Å². The topological polar surface area (TPSA) is 50.4 Å². The number of carboxylic acid groups (broad SMARTS) is 1. The van der Waals surface area contributed by atoms with Crippen LogP contribution in [-0.2, 0) is 23.1 Å². The predicted molar refractivity (Wildman–Crippen MR) is 119 cm³/mol. The molecule has 4 heteroatoms. The Kier molecular flexibility index (Phi) is 7.14. The van der Waals surface area contributed by atoms with E-state index in [1.54, 1.807) is 12.1 Å². The van der Waals surface area contributed by atoms with Gasteiger partial charge in [-0.1, -0.05) is 46.0 Å². The molecule has 2 aromatic rings. The lowest BCUT2D eigenvalue weighted by Gasteiger charge is -2.32. The van der Waals surface area contributed by atoms with Crippen LogP contribution in [0.15, 0.2) is 33.6 Å². The third kappa shape index (κ3) is 5.70. The van der Waals surface area contributed by atoms with Crippen LogP contribution in [0.25, 0.3) is 0 Å². The second-order valence-corrected chi connectivity index (χ2v) is 9.52. The molecule has 1 N–H and O–H groups in total. The van der Waals surface area contributed by atoms with Crippen molar-refractivity contribution in [2.75, 3.05) is 5.75 Å². The Labute approximate surface area is 178 Å². The zero-order chi connectivity index (χ0) is 20.9. The molecule has 0 spiro atoms. The fraction of sp³-hybridized carbons (Fsp3) is 0.480. The average Bonchev–Trinajstić information content (AvgIpc) is 3.10. The van der Waals surface area contributed by atoms with E-state index in [9.17, 15) is 4.79 Å². The highest BCUT2D eigenvalue weighted by Gasteiger charge is 2.28. The van der Waals surface area contributed by atoms with Crippen molar-refractivity contribution in [3.05, 3.63) is 52.5 Å². The molecule has 0 radical (unpaired) electrons. The molecule has 0 aliphatic carbocycles. The first-order valence-electron chi connectivity index (χ1n) is 10.5. The third-order valence-electron chi connectivity index (χ3n) is 5.53. The maximum atomic E-state index is 10.8. The number of benzene rings is 1. The molecular weight excluding hydrogens is 380 g/mol. The van der Waals surface area contributed by atoms with Crippen LogP contribution in [0.1, 0.15) is 81.1 Å². The Balaban J connectivity index is 1.91. The molecule has 0 amide bonds. The fourth-order valence-electron chi connectivity index (χ4n) is 3.70. The van der Waals surface area contributed by atoms with E-state index in [2.05, 4.69) is 44.7 Å². The zero-order valence-electron chi connectivity index (χ0n) is 17.6. The van der Waals surface area contributed by atoms with Gasteiger partial charge < -0.3 is 9.52 Å². The Morgan fingerprint density at radius 1 is 1.21 bits per heavy atom. The van der Waals surface area contributed by atoms with Crippen molar-refractivity contribution in [1.29, 1.82) is 0 Å². The summed E-state index contributed by atoms with van der Waals surface area (Å²) in [6.07, 6.45) is 7.03. The number of thioether (sulfide) groups is 1. The van der Waals surface area contributed by atoms with Crippen LogP contribution in [0, 0.1) is 11.8 Å². The van der Waals surface area contributed by atoms with E-state index in [1.165, 1.54) is 53.9 Å². The first-order valence-corrected chi connectivity index (χ1v) is 11.5. The molecule has 1 aliphatic rings. The number of unbranched alkanes of at least 4 members (excludes halogenated alkanes) is 3. The number of furan rings is 1. The summed E-state index contributed by atoms with van der Waals surface area (Å²) in [5.41, 5.74) is 3.94. The van der Waals surface area contributed by atoms with Crippen molar-refractivity contribution in [2.24, 2.45) is 0 Å². The Morgan fingerprint density at radius 2 is 2.03 bits per heavy atom. The summed E-state index contributed by atoms with van der Waals surface area (Å²) >= 11 is 1.96. The van der Waals surface area contributed by atoms with E-state index in [0.717, 1.165) is 12.0 Å². The molecule has 0 fully saturated rings. The van der Waals surface area contributed by atoms with Crippen molar-refractivity contribution in [2.45, 2.75) is 76.0 Å². The van der Waals surface area contributed by atoms with Gasteiger partial charge in [-0.05, 0) is 71.7 Å². The van der Waals surface area contributed by atoms with Crippen LogP contribution in [-0.4, -0.2) is 16.8 Å². The average molecular weight is 411 g/mol. The highest BCUT2D eigenvalue weighted by molar-refractivity contribution is 7.99. The van der Waals surface area contributed by atoms with Gasteiger partial charge >= 0.3 is 5.97 Å². The molecular formula is C25H30O3S. The number of rotatable bonds is 7. The molecule has 2 heterocycles. The molecule has 1 aromatic carbocycles. The largest absolute Gasteiger partial charge is 0.481 e. The van der Waals surface area contributed by atoms with Gasteiger partial charge in [0.15, 0.2) is 5.76 Å². The molecule has 0 saturated carbocycles. The lowest BCUT2D eigenvalue weighted by Crippen LogP contribution is -2.23. The quantitative estimate of drug-likeness (QED) is 0.436. The zero-order valence-corrected chi connectivity index (χ0v) is 18.5. The van der Waals surface area contributed by atoms with Crippen LogP contribution in [0.3, 0.4) is 0 Å². The van der Waals surface area contributed by atoms with Gasteiger partial charge in [-0.3, -0.25) is 4.79 Å². The van der Waals surface area contributed by atoms with Gasteiger partial charge in [-0.25, -0.2) is 0 Å². The Hall–Kier alpha value is -2.12. The van der Waals surface area contributed by atoms with E-state index in [0.29, 0.717) is 11.5 Å². The van der Waals surface area contributed by atoms with Gasteiger partial charge in [-0.15, -0.1) is 11.8 Å². The van der Waals surface area contributed by atoms with Gasteiger partial charge in [0.1, 0.15) is 12.2 Å². The van der Waals surface area contributed by atoms with Gasteiger partial charge in [0.25, 0.3) is 0 Å². The van der Waals surface area contributed by atoms with Crippen LogP contribution in [0.5, 0.6) is 0 Å². The smallest absolute Gasteiger partial charge is 0.311 e. The summed E-state index contributed by atoms with van der Waals surface area (Å²) in [5.74, 6) is 7.66. The van der Waals surface area contributed by atoms with Crippen LogP contribution >= 0.6 is 11.8 Å².